The number of hydrogen-bond acceptors (Lipinski definition) is 5. The quantitative estimate of drug-likeness (QED) is 0.832. The van der Waals surface area contributed by atoms with Gasteiger partial charge in [-0.3, -0.25) is 4.79 Å². The molecule has 1 atom stereocenters. The molecule has 0 spiro atoms. The monoisotopic (exact) mass is 367 g/mol. The lowest BCUT2D eigenvalue weighted by Crippen LogP contribution is -2.36. The molecule has 1 aromatic carbocycles. The molecule has 142 valence electrons. The molecule has 0 aliphatic carbocycles. The molecule has 27 heavy (non-hydrogen) atoms. The van der Waals surface area contributed by atoms with Crippen molar-refractivity contribution in [1.82, 2.24) is 9.88 Å². The third kappa shape index (κ3) is 3.76. The minimum absolute atomic E-state index is 0.0503. The number of anilines is 1. The van der Waals surface area contributed by atoms with Gasteiger partial charge in [0.25, 0.3) is 5.91 Å². The van der Waals surface area contributed by atoms with Gasteiger partial charge in [-0.25, -0.2) is 4.98 Å². The maximum absolute atomic E-state index is 13.1. The molecule has 0 bridgehead atoms. The number of likely N-dealkylation sites (tertiary alicyclic amines) is 1. The molecular weight excluding hydrogens is 342 g/mol. The Morgan fingerprint density at radius 2 is 1.89 bits per heavy atom. The predicted molar refractivity (Wildman–Crippen MR) is 103 cm³/mol. The standard InChI is InChI=1S/C21H25N3O3/c1-26-18-7-4-16(5-8-18)19-3-2-10-24(19)21(25)17-6-9-20(22-15-17)23-11-13-27-14-12-23/h4-9,15,19H,2-3,10-14H2,1H3. The van der Waals surface area contributed by atoms with Crippen molar-refractivity contribution in [3.05, 3.63) is 53.7 Å². The number of carbonyl (C=O) groups is 1. The lowest BCUT2D eigenvalue weighted by molar-refractivity contribution is 0.0735. The van der Waals surface area contributed by atoms with E-state index in [1.54, 1.807) is 13.3 Å². The van der Waals surface area contributed by atoms with Crippen LogP contribution >= 0.6 is 0 Å². The average molecular weight is 367 g/mol. The van der Waals surface area contributed by atoms with Crippen LogP contribution in [0.1, 0.15) is 34.8 Å². The Morgan fingerprint density at radius 1 is 1.11 bits per heavy atom. The first-order valence-electron chi connectivity index (χ1n) is 9.50. The number of morpholine rings is 1. The van der Waals surface area contributed by atoms with Crippen molar-refractivity contribution in [2.75, 3.05) is 44.9 Å². The number of rotatable bonds is 4. The van der Waals surface area contributed by atoms with Gasteiger partial charge in [-0.15, -0.1) is 0 Å². The van der Waals surface area contributed by atoms with Crippen LogP contribution in [0.5, 0.6) is 5.75 Å². The molecule has 3 heterocycles. The molecule has 2 aromatic rings. The highest BCUT2D eigenvalue weighted by Gasteiger charge is 2.30. The number of aromatic nitrogens is 1. The fourth-order valence-corrected chi connectivity index (χ4v) is 3.84. The van der Waals surface area contributed by atoms with E-state index in [2.05, 4.69) is 22.0 Å². The first-order chi connectivity index (χ1) is 13.3. The summed E-state index contributed by atoms with van der Waals surface area (Å²) in [6, 6.07) is 12.0. The van der Waals surface area contributed by atoms with Gasteiger partial charge in [0.2, 0.25) is 0 Å². The topological polar surface area (TPSA) is 54.9 Å². The molecule has 2 fully saturated rings. The van der Waals surface area contributed by atoms with Gasteiger partial charge in [0.1, 0.15) is 11.6 Å². The highest BCUT2D eigenvalue weighted by atomic mass is 16.5. The number of ether oxygens (including phenoxy) is 2. The van der Waals surface area contributed by atoms with Gasteiger partial charge < -0.3 is 19.3 Å². The second kappa shape index (κ2) is 7.96. The Bertz CT molecular complexity index is 770. The second-order valence-corrected chi connectivity index (χ2v) is 6.93. The van der Waals surface area contributed by atoms with Crippen LogP contribution in [0.2, 0.25) is 0 Å². The molecule has 6 nitrogen and oxygen atoms in total. The van der Waals surface area contributed by atoms with Gasteiger partial charge in [0.05, 0.1) is 31.9 Å². The van der Waals surface area contributed by atoms with Crippen LogP contribution in [0.4, 0.5) is 5.82 Å². The van der Waals surface area contributed by atoms with Crippen molar-refractivity contribution in [2.24, 2.45) is 0 Å². The Hall–Kier alpha value is -2.60. The summed E-state index contributed by atoms with van der Waals surface area (Å²) in [5.74, 6) is 1.79. The highest BCUT2D eigenvalue weighted by Crippen LogP contribution is 2.34. The number of nitrogens with zero attached hydrogens (tertiary/aromatic N) is 3. The molecule has 0 N–H and O–H groups in total. The van der Waals surface area contributed by atoms with Crippen LogP contribution < -0.4 is 9.64 Å². The Balaban J connectivity index is 1.48. The van der Waals surface area contributed by atoms with E-state index >= 15 is 0 Å². The van der Waals surface area contributed by atoms with Gasteiger partial charge in [0, 0.05) is 25.8 Å². The maximum atomic E-state index is 13.1. The molecule has 2 aliphatic rings. The summed E-state index contributed by atoms with van der Waals surface area (Å²) in [5.41, 5.74) is 1.80. The maximum Gasteiger partial charge on any atom is 0.255 e. The zero-order valence-electron chi connectivity index (χ0n) is 15.6. The minimum atomic E-state index is 0.0503. The molecule has 1 amide bonds. The highest BCUT2D eigenvalue weighted by molar-refractivity contribution is 5.94. The summed E-state index contributed by atoms with van der Waals surface area (Å²) in [5, 5.41) is 0. The van der Waals surface area contributed by atoms with Gasteiger partial charge in [-0.2, -0.15) is 0 Å². The normalized spacial score (nSPS) is 20.0. The number of amides is 1. The third-order valence-electron chi connectivity index (χ3n) is 5.34. The zero-order valence-corrected chi connectivity index (χ0v) is 15.6. The van der Waals surface area contributed by atoms with Crippen molar-refractivity contribution in [1.29, 1.82) is 0 Å². The van der Waals surface area contributed by atoms with Crippen molar-refractivity contribution < 1.29 is 14.3 Å². The number of methoxy groups -OCH3 is 1. The Morgan fingerprint density at radius 3 is 2.56 bits per heavy atom. The van der Waals surface area contributed by atoms with E-state index in [0.29, 0.717) is 5.56 Å². The van der Waals surface area contributed by atoms with Gasteiger partial charge >= 0.3 is 0 Å². The van der Waals surface area contributed by atoms with Gasteiger partial charge in [0.15, 0.2) is 0 Å². The van der Waals surface area contributed by atoms with Crippen molar-refractivity contribution in [3.8, 4) is 5.75 Å². The molecule has 4 rings (SSSR count). The largest absolute Gasteiger partial charge is 0.497 e. The first-order valence-corrected chi connectivity index (χ1v) is 9.50. The smallest absolute Gasteiger partial charge is 0.255 e. The number of carbonyl (C=O) groups excluding carboxylic acids is 1. The predicted octanol–water partition coefficient (Wildman–Crippen LogP) is 2.90. The fraction of sp³-hybridized carbons (Fsp3) is 0.429. The van der Waals surface area contributed by atoms with Crippen LogP contribution in [-0.4, -0.2) is 55.7 Å². The van der Waals surface area contributed by atoms with Crippen LogP contribution in [0, 0.1) is 0 Å². The van der Waals surface area contributed by atoms with Crippen LogP contribution in [0.25, 0.3) is 0 Å². The summed E-state index contributed by atoms with van der Waals surface area (Å²) in [4.78, 5) is 21.7. The van der Waals surface area contributed by atoms with E-state index in [4.69, 9.17) is 9.47 Å². The fourth-order valence-electron chi connectivity index (χ4n) is 3.84. The average Bonchev–Trinajstić information content (AvgIpc) is 3.24. The molecular formula is C21H25N3O3. The van der Waals surface area contributed by atoms with Crippen LogP contribution in [0.15, 0.2) is 42.6 Å². The second-order valence-electron chi connectivity index (χ2n) is 6.93. The summed E-state index contributed by atoms with van der Waals surface area (Å²) >= 11 is 0. The Labute approximate surface area is 159 Å². The molecule has 1 aromatic heterocycles. The number of pyridine rings is 1. The molecule has 0 saturated carbocycles. The van der Waals surface area contributed by atoms with E-state index in [-0.39, 0.29) is 11.9 Å². The molecule has 2 aliphatic heterocycles. The van der Waals surface area contributed by atoms with Crippen molar-refractivity contribution in [2.45, 2.75) is 18.9 Å². The van der Waals surface area contributed by atoms with Crippen LogP contribution in [0.3, 0.4) is 0 Å². The van der Waals surface area contributed by atoms with Gasteiger partial charge in [-0.05, 0) is 42.7 Å². The summed E-state index contributed by atoms with van der Waals surface area (Å²) < 4.78 is 10.6. The lowest BCUT2D eigenvalue weighted by Gasteiger charge is -2.28. The summed E-state index contributed by atoms with van der Waals surface area (Å²) in [6.45, 7) is 3.90. The first kappa shape index (κ1) is 17.8. The van der Waals surface area contributed by atoms with Crippen molar-refractivity contribution in [3.63, 3.8) is 0 Å². The number of hydrogen-bond donors (Lipinski definition) is 0. The molecule has 6 heteroatoms. The molecule has 0 radical (unpaired) electrons. The molecule has 2 saturated heterocycles. The van der Waals surface area contributed by atoms with E-state index in [1.807, 2.05) is 29.2 Å². The van der Waals surface area contributed by atoms with Crippen molar-refractivity contribution >= 4 is 11.7 Å². The lowest BCUT2D eigenvalue weighted by atomic mass is 10.0. The zero-order chi connectivity index (χ0) is 18.6. The summed E-state index contributed by atoms with van der Waals surface area (Å²) in [7, 11) is 1.66. The van der Waals surface area contributed by atoms with E-state index in [9.17, 15) is 4.79 Å². The van der Waals surface area contributed by atoms with Crippen LogP contribution in [-0.2, 0) is 4.74 Å². The van der Waals surface area contributed by atoms with E-state index in [0.717, 1.165) is 62.8 Å². The van der Waals surface area contributed by atoms with Gasteiger partial charge in [-0.1, -0.05) is 12.1 Å². The SMILES string of the molecule is COc1ccc(C2CCCN2C(=O)c2ccc(N3CCOCC3)nc2)cc1. The third-order valence-corrected chi connectivity index (χ3v) is 5.34. The Kier molecular flexibility index (Phi) is 5.25. The minimum Gasteiger partial charge on any atom is -0.497 e. The van der Waals surface area contributed by atoms with E-state index < -0.39 is 0 Å². The molecule has 1 unspecified atom stereocenters. The summed E-state index contributed by atoms with van der Waals surface area (Å²) in [6.07, 6.45) is 3.70. The van der Waals surface area contributed by atoms with E-state index in [1.165, 1.54) is 0 Å². The number of benzene rings is 1.